The molecule has 6 heteroatoms. The number of rotatable bonds is 4. The van der Waals surface area contributed by atoms with Gasteiger partial charge in [-0.25, -0.2) is 0 Å². The summed E-state index contributed by atoms with van der Waals surface area (Å²) in [4.78, 5) is 0. The van der Waals surface area contributed by atoms with Crippen LogP contribution >= 0.6 is 0 Å². The number of hydrogen-bond acceptors (Lipinski definition) is 6. The average molecular weight is 358 g/mol. The normalized spacial score (nSPS) is 34.2. The van der Waals surface area contributed by atoms with Crippen molar-refractivity contribution >= 4 is 0 Å². The van der Waals surface area contributed by atoms with Gasteiger partial charge in [-0.1, -0.05) is 60.7 Å². The van der Waals surface area contributed by atoms with Crippen LogP contribution in [0.4, 0.5) is 0 Å². The van der Waals surface area contributed by atoms with Gasteiger partial charge < -0.3 is 29.2 Å². The number of ether oxygens (including phenoxy) is 4. The molecule has 0 radical (unpaired) electrons. The highest BCUT2D eigenvalue weighted by molar-refractivity contribution is 5.17. The van der Waals surface area contributed by atoms with E-state index in [1.54, 1.807) is 0 Å². The van der Waals surface area contributed by atoms with E-state index in [4.69, 9.17) is 18.9 Å². The zero-order valence-corrected chi connectivity index (χ0v) is 14.2. The quantitative estimate of drug-likeness (QED) is 0.867. The molecule has 2 heterocycles. The van der Waals surface area contributed by atoms with Crippen molar-refractivity contribution in [3.63, 3.8) is 0 Å². The summed E-state index contributed by atoms with van der Waals surface area (Å²) < 4.78 is 23.1. The van der Waals surface area contributed by atoms with E-state index in [2.05, 4.69) is 0 Å². The number of hydrogen-bond donors (Lipinski definition) is 2. The Labute approximate surface area is 151 Å². The van der Waals surface area contributed by atoms with Crippen molar-refractivity contribution in [1.82, 2.24) is 0 Å². The number of aliphatic hydroxyl groups excluding tert-OH is 2. The van der Waals surface area contributed by atoms with Crippen molar-refractivity contribution in [2.24, 2.45) is 0 Å². The third-order valence-electron chi connectivity index (χ3n) is 4.66. The molecule has 26 heavy (non-hydrogen) atoms. The summed E-state index contributed by atoms with van der Waals surface area (Å²) in [5.41, 5.74) is 1.82. The first-order valence-corrected chi connectivity index (χ1v) is 8.71. The Bertz CT molecular complexity index is 692. The Morgan fingerprint density at radius 1 is 0.885 bits per heavy atom. The molecule has 0 amide bonds. The smallest absolute Gasteiger partial charge is 0.187 e. The molecule has 0 bridgehead atoms. The van der Waals surface area contributed by atoms with Gasteiger partial charge >= 0.3 is 0 Å². The van der Waals surface area contributed by atoms with Gasteiger partial charge in [0.2, 0.25) is 0 Å². The summed E-state index contributed by atoms with van der Waals surface area (Å²) in [7, 11) is 0. The minimum Gasteiger partial charge on any atom is -0.387 e. The Balaban J connectivity index is 1.40. The second-order valence-corrected chi connectivity index (χ2v) is 6.50. The zero-order valence-electron chi connectivity index (χ0n) is 14.2. The summed E-state index contributed by atoms with van der Waals surface area (Å²) in [6, 6.07) is 19.1. The van der Waals surface area contributed by atoms with Crippen molar-refractivity contribution in [1.29, 1.82) is 0 Å². The molecule has 0 spiro atoms. The van der Waals surface area contributed by atoms with Crippen molar-refractivity contribution in [3.8, 4) is 0 Å². The first kappa shape index (κ1) is 17.6. The van der Waals surface area contributed by atoms with Crippen LogP contribution in [-0.2, 0) is 25.6 Å². The minimum atomic E-state index is -1.20. The van der Waals surface area contributed by atoms with Crippen LogP contribution in [-0.4, -0.2) is 47.5 Å². The van der Waals surface area contributed by atoms with Crippen molar-refractivity contribution < 1.29 is 29.2 Å². The van der Waals surface area contributed by atoms with Crippen LogP contribution in [0.15, 0.2) is 60.7 Å². The summed E-state index contributed by atoms with van der Waals surface area (Å²) >= 11 is 0. The molecule has 2 saturated heterocycles. The van der Waals surface area contributed by atoms with Crippen LogP contribution in [0.3, 0.4) is 0 Å². The largest absolute Gasteiger partial charge is 0.387 e. The Kier molecular flexibility index (Phi) is 5.31. The maximum atomic E-state index is 10.5. The molecule has 2 fully saturated rings. The van der Waals surface area contributed by atoms with Crippen molar-refractivity contribution in [2.75, 3.05) is 6.61 Å². The van der Waals surface area contributed by atoms with Crippen LogP contribution in [0, 0.1) is 0 Å². The van der Waals surface area contributed by atoms with E-state index >= 15 is 0 Å². The van der Waals surface area contributed by atoms with Gasteiger partial charge in [-0.15, -0.1) is 0 Å². The maximum Gasteiger partial charge on any atom is 0.187 e. The minimum absolute atomic E-state index is 0.249. The topological polar surface area (TPSA) is 77.4 Å². The summed E-state index contributed by atoms with van der Waals surface area (Å²) in [5.74, 6) is 0. The molecule has 138 valence electrons. The van der Waals surface area contributed by atoms with Crippen LogP contribution in [0.25, 0.3) is 0 Å². The average Bonchev–Trinajstić information content (AvgIpc) is 2.71. The standard InChI is InChI=1S/C20H22O6/c21-16-17(22)20(23-11-13-7-3-1-4-8-13)25-15-12-24-19(26-18(15)16)14-9-5-2-6-10-14/h1-10,15-22H,11-12H2/t15-,16+,17-,18+,19-,20+/m0/s1. The Morgan fingerprint density at radius 3 is 2.31 bits per heavy atom. The Hall–Kier alpha value is -1.80. The molecule has 2 aliphatic heterocycles. The fourth-order valence-corrected chi connectivity index (χ4v) is 3.25. The summed E-state index contributed by atoms with van der Waals surface area (Å²) in [6.07, 6.45) is -5.04. The maximum absolute atomic E-state index is 10.5. The lowest BCUT2D eigenvalue weighted by Crippen LogP contribution is -2.62. The highest BCUT2D eigenvalue weighted by Crippen LogP contribution is 2.34. The van der Waals surface area contributed by atoms with Gasteiger partial charge in [0.1, 0.15) is 24.4 Å². The van der Waals surface area contributed by atoms with Gasteiger partial charge in [-0.05, 0) is 5.56 Å². The molecule has 2 aromatic carbocycles. The van der Waals surface area contributed by atoms with Gasteiger partial charge in [0.25, 0.3) is 0 Å². The lowest BCUT2D eigenvalue weighted by Gasteiger charge is -2.46. The van der Waals surface area contributed by atoms with Crippen LogP contribution in [0.5, 0.6) is 0 Å². The molecule has 0 aliphatic carbocycles. The second kappa shape index (κ2) is 7.84. The SMILES string of the molecule is O[C@@H]1[C@H](OCc2ccccc2)O[C@H]2CO[C@H](c3ccccc3)O[C@H]2[C@@H]1O. The molecular formula is C20H22O6. The zero-order chi connectivity index (χ0) is 17.9. The lowest BCUT2D eigenvalue weighted by molar-refractivity contribution is -0.362. The first-order valence-electron chi connectivity index (χ1n) is 8.71. The molecule has 2 aliphatic rings. The molecule has 0 unspecified atom stereocenters. The van der Waals surface area contributed by atoms with Crippen LogP contribution in [0.2, 0.25) is 0 Å². The lowest BCUT2D eigenvalue weighted by atomic mass is 9.98. The molecule has 6 atom stereocenters. The van der Waals surface area contributed by atoms with E-state index in [0.29, 0.717) is 0 Å². The van der Waals surface area contributed by atoms with E-state index in [-0.39, 0.29) is 13.2 Å². The monoisotopic (exact) mass is 358 g/mol. The molecular weight excluding hydrogens is 336 g/mol. The van der Waals surface area contributed by atoms with Gasteiger partial charge in [-0.2, -0.15) is 0 Å². The van der Waals surface area contributed by atoms with Gasteiger partial charge in [0.15, 0.2) is 12.6 Å². The second-order valence-electron chi connectivity index (χ2n) is 6.50. The Morgan fingerprint density at radius 2 is 1.58 bits per heavy atom. The van der Waals surface area contributed by atoms with Crippen LogP contribution in [0.1, 0.15) is 17.4 Å². The van der Waals surface area contributed by atoms with E-state index in [1.807, 2.05) is 60.7 Å². The number of aliphatic hydroxyl groups is 2. The van der Waals surface area contributed by atoms with Gasteiger partial charge in [-0.3, -0.25) is 0 Å². The van der Waals surface area contributed by atoms with Crippen molar-refractivity contribution in [2.45, 2.75) is 43.6 Å². The number of fused-ring (bicyclic) bond motifs is 1. The van der Waals surface area contributed by atoms with Gasteiger partial charge in [0.05, 0.1) is 13.2 Å². The third kappa shape index (κ3) is 3.66. The predicted octanol–water partition coefficient (Wildman–Crippen LogP) is 1.76. The van der Waals surface area contributed by atoms with E-state index in [1.165, 1.54) is 0 Å². The summed E-state index contributed by atoms with van der Waals surface area (Å²) in [6.45, 7) is 0.528. The third-order valence-corrected chi connectivity index (χ3v) is 4.66. The van der Waals surface area contributed by atoms with E-state index in [0.717, 1.165) is 11.1 Å². The number of benzene rings is 2. The highest BCUT2D eigenvalue weighted by atomic mass is 16.8. The molecule has 4 rings (SSSR count). The van der Waals surface area contributed by atoms with Crippen LogP contribution < -0.4 is 0 Å². The molecule has 6 nitrogen and oxygen atoms in total. The first-order chi connectivity index (χ1) is 12.7. The summed E-state index contributed by atoms with van der Waals surface area (Å²) in [5, 5.41) is 20.9. The highest BCUT2D eigenvalue weighted by Gasteiger charge is 2.49. The fourth-order valence-electron chi connectivity index (χ4n) is 3.25. The molecule has 0 aromatic heterocycles. The van der Waals surface area contributed by atoms with E-state index < -0.39 is 37.0 Å². The molecule has 2 N–H and O–H groups in total. The van der Waals surface area contributed by atoms with Crippen molar-refractivity contribution in [3.05, 3.63) is 71.8 Å². The fraction of sp³-hybridized carbons (Fsp3) is 0.400. The molecule has 0 saturated carbocycles. The predicted molar refractivity (Wildman–Crippen MR) is 91.9 cm³/mol. The van der Waals surface area contributed by atoms with E-state index in [9.17, 15) is 10.2 Å². The van der Waals surface area contributed by atoms with Gasteiger partial charge in [0, 0.05) is 5.56 Å². The molecule has 2 aromatic rings.